The van der Waals surface area contributed by atoms with Gasteiger partial charge in [0.25, 0.3) is 0 Å². The number of fused-ring (bicyclic) bond motifs is 5. The normalized spacial score (nSPS) is 20.5. The van der Waals surface area contributed by atoms with E-state index in [1.54, 1.807) is 17.6 Å². The molecule has 0 bridgehead atoms. The van der Waals surface area contributed by atoms with E-state index in [-0.39, 0.29) is 10.8 Å². The molecule has 48 heavy (non-hydrogen) atoms. The van der Waals surface area contributed by atoms with Crippen molar-refractivity contribution < 1.29 is 21.3 Å². The van der Waals surface area contributed by atoms with Crippen LogP contribution in [0.5, 0.6) is 0 Å². The van der Waals surface area contributed by atoms with E-state index in [2.05, 4.69) is 165 Å². The molecule has 240 valence electrons. The first-order valence-corrected chi connectivity index (χ1v) is 21.8. The third kappa shape index (κ3) is 4.75. The van der Waals surface area contributed by atoms with Gasteiger partial charge in [0.15, 0.2) is 0 Å². The van der Waals surface area contributed by atoms with Gasteiger partial charge in [0, 0.05) is 0 Å². The van der Waals surface area contributed by atoms with Crippen LogP contribution in [0.2, 0.25) is 0 Å². The predicted molar refractivity (Wildman–Crippen MR) is 204 cm³/mol. The summed E-state index contributed by atoms with van der Waals surface area (Å²) in [6.45, 7) is 21.6. The second-order valence-corrected chi connectivity index (χ2v) is 22.1. The van der Waals surface area contributed by atoms with Crippen molar-refractivity contribution in [2.45, 2.75) is 83.2 Å². The number of hydrogen-bond donors (Lipinski definition) is 0. The molecule has 4 aliphatic carbocycles. The number of allylic oxidation sites excluding steroid dienone is 8. The molecular weight excluding hydrogens is 656 g/mol. The molecule has 1 unspecified atom stereocenters. The number of rotatable bonds is 5. The van der Waals surface area contributed by atoms with Gasteiger partial charge in [-0.05, 0) is 0 Å². The van der Waals surface area contributed by atoms with Crippen molar-refractivity contribution in [2.75, 3.05) is 0 Å². The van der Waals surface area contributed by atoms with Gasteiger partial charge in [-0.3, -0.25) is 0 Å². The van der Waals surface area contributed by atoms with Crippen molar-refractivity contribution in [3.05, 3.63) is 157 Å². The number of benzene rings is 4. The Hall–Kier alpha value is -3.41. The van der Waals surface area contributed by atoms with Crippen molar-refractivity contribution in [3.8, 4) is 11.1 Å². The Morgan fingerprint density at radius 1 is 0.667 bits per heavy atom. The van der Waals surface area contributed by atoms with Crippen molar-refractivity contribution in [1.82, 2.24) is 0 Å². The van der Waals surface area contributed by atoms with Crippen LogP contribution in [0.4, 0.5) is 0 Å². The van der Waals surface area contributed by atoms with E-state index in [0.29, 0.717) is 9.54 Å². The molecule has 1 atom stereocenters. The number of hydrogen-bond acceptors (Lipinski definition) is 0. The molecule has 4 aliphatic rings. The fourth-order valence-corrected chi connectivity index (χ4v) is 19.7. The van der Waals surface area contributed by atoms with Gasteiger partial charge in [-0.25, -0.2) is 0 Å². The fourth-order valence-electron chi connectivity index (χ4n) is 9.77. The van der Waals surface area contributed by atoms with Crippen LogP contribution < -0.4 is 0 Å². The summed E-state index contributed by atoms with van der Waals surface area (Å²) < 4.78 is 3.95. The van der Waals surface area contributed by atoms with Crippen LogP contribution in [-0.2, 0) is 32.1 Å². The van der Waals surface area contributed by atoms with Crippen LogP contribution in [0, 0.1) is 5.92 Å². The van der Waals surface area contributed by atoms with Crippen LogP contribution in [0.15, 0.2) is 112 Å². The molecule has 4 aromatic rings. The van der Waals surface area contributed by atoms with E-state index in [0.717, 1.165) is 6.42 Å². The van der Waals surface area contributed by atoms with E-state index in [1.807, 2.05) is 0 Å². The summed E-state index contributed by atoms with van der Waals surface area (Å²) in [5.74, 6) is 0.428. The summed E-state index contributed by atoms with van der Waals surface area (Å²) in [7, 11) is 0. The average Bonchev–Trinajstić information content (AvgIpc) is 3.69. The summed E-state index contributed by atoms with van der Waals surface area (Å²) in [6, 6.07) is 33.2. The van der Waals surface area contributed by atoms with Crippen molar-refractivity contribution in [3.63, 3.8) is 0 Å². The second kappa shape index (κ2) is 11.3. The van der Waals surface area contributed by atoms with Gasteiger partial charge < -0.3 is 0 Å². The zero-order valence-corrected chi connectivity index (χ0v) is 32.6. The zero-order valence-electron chi connectivity index (χ0n) is 30.2. The second-order valence-electron chi connectivity index (χ2n) is 15.9. The van der Waals surface area contributed by atoms with Crippen LogP contribution in [0.25, 0.3) is 27.8 Å². The summed E-state index contributed by atoms with van der Waals surface area (Å²) in [5, 5.41) is 0. The third-order valence-electron chi connectivity index (χ3n) is 11.8. The monoisotopic (exact) mass is 702 g/mol. The Kier molecular flexibility index (Phi) is 7.51. The molecule has 8 rings (SSSR count). The molecule has 0 heterocycles. The molecule has 0 aliphatic heterocycles. The summed E-state index contributed by atoms with van der Waals surface area (Å²) in [6.07, 6.45) is 8.68. The van der Waals surface area contributed by atoms with Crippen LogP contribution in [0.1, 0.15) is 117 Å². The standard InChI is InChI=1S/C25H25.C13H13.C9H10.Zr/c1-14-12-24(3,4)22-8-16-7-17-9-23-19(15(2)13-25(23,5)6)11-21(17)20(16)10-18(14)22;1-10-8-11(2)13(9-10)12-6-4-3-5-7-12;1-2-6-9-7-4-3-5-8-9;/h7-13H,1-6H3;3-7,9-10H,1-2H3;3-5,7-8H,2H2,1H3;. The van der Waals surface area contributed by atoms with Crippen LogP contribution >= 0.6 is 0 Å². The molecule has 0 radical (unpaired) electrons. The minimum absolute atomic E-state index is 0.0367. The molecule has 0 nitrogen and oxygen atoms in total. The fraction of sp³-hybridized carbons (Fsp3) is 0.298. The first-order valence-electron chi connectivity index (χ1n) is 18.0. The molecule has 0 saturated carbocycles. The SMILES string of the molecule is CC[C](c1ccccc1)=[Zr]([C]1=C(C)C(c2ccccc2)=CC1C)[CH]1c2cc3c(cc2-c2cc4c(cc21)C(C)(C)C=C4C)C(C)=CC3(C)C. The van der Waals surface area contributed by atoms with Crippen molar-refractivity contribution in [2.24, 2.45) is 5.92 Å². The van der Waals surface area contributed by atoms with E-state index < -0.39 is 21.3 Å². The van der Waals surface area contributed by atoms with E-state index in [9.17, 15) is 0 Å². The third-order valence-corrected chi connectivity index (χ3v) is 21.4. The predicted octanol–water partition coefficient (Wildman–Crippen LogP) is 12.4. The van der Waals surface area contributed by atoms with Gasteiger partial charge in [-0.2, -0.15) is 0 Å². The molecule has 0 amide bonds. The molecule has 0 fully saturated rings. The summed E-state index contributed by atoms with van der Waals surface area (Å²) >= 11 is -2.78. The van der Waals surface area contributed by atoms with Crippen LogP contribution in [-0.4, -0.2) is 3.21 Å². The van der Waals surface area contributed by atoms with Gasteiger partial charge in [0.05, 0.1) is 0 Å². The van der Waals surface area contributed by atoms with E-state index in [1.165, 1.54) is 66.8 Å². The molecule has 1 heteroatoms. The molecule has 0 saturated heterocycles. The first-order chi connectivity index (χ1) is 22.9. The Morgan fingerprint density at radius 3 is 1.67 bits per heavy atom. The van der Waals surface area contributed by atoms with Gasteiger partial charge in [0.2, 0.25) is 0 Å². The molecule has 0 N–H and O–H groups in total. The van der Waals surface area contributed by atoms with Crippen molar-refractivity contribution in [1.29, 1.82) is 0 Å². The van der Waals surface area contributed by atoms with Gasteiger partial charge in [0.1, 0.15) is 0 Å². The Morgan fingerprint density at radius 2 is 1.17 bits per heavy atom. The zero-order chi connectivity index (χ0) is 33.7. The molecule has 4 aromatic carbocycles. The quantitative estimate of drug-likeness (QED) is 0.194. The molecule has 0 aromatic heterocycles. The summed E-state index contributed by atoms with van der Waals surface area (Å²) in [4.78, 5) is 0. The topological polar surface area (TPSA) is 0 Å². The summed E-state index contributed by atoms with van der Waals surface area (Å²) in [5.41, 5.74) is 20.8. The molecule has 0 spiro atoms. The Balaban J connectivity index is 1.48. The van der Waals surface area contributed by atoms with Crippen LogP contribution in [0.3, 0.4) is 0 Å². The van der Waals surface area contributed by atoms with Gasteiger partial charge in [-0.1, -0.05) is 0 Å². The minimum atomic E-state index is -2.78. The van der Waals surface area contributed by atoms with Gasteiger partial charge in [-0.15, -0.1) is 0 Å². The Bertz CT molecular complexity index is 2090. The maximum absolute atomic E-state index is 2.78. The maximum atomic E-state index is 2.68. The average molecular weight is 704 g/mol. The van der Waals surface area contributed by atoms with E-state index in [4.69, 9.17) is 0 Å². The Labute approximate surface area is 296 Å². The van der Waals surface area contributed by atoms with Gasteiger partial charge >= 0.3 is 298 Å². The molecular formula is C47H48Zr. The first kappa shape index (κ1) is 31.8. The van der Waals surface area contributed by atoms with E-state index >= 15 is 0 Å². The van der Waals surface area contributed by atoms with Crippen molar-refractivity contribution >= 4 is 19.9 Å².